The van der Waals surface area contributed by atoms with Crippen LogP contribution in [0, 0.1) is 0 Å². The molecule has 2 aromatic heterocycles. The number of rotatable bonds is 4. The van der Waals surface area contributed by atoms with Gasteiger partial charge >= 0.3 is 0 Å². The lowest BCUT2D eigenvalue weighted by Crippen LogP contribution is -2.49. The predicted molar refractivity (Wildman–Crippen MR) is 102 cm³/mol. The highest BCUT2D eigenvalue weighted by Gasteiger charge is 2.32. The van der Waals surface area contributed by atoms with Crippen molar-refractivity contribution in [2.75, 3.05) is 31.1 Å². The average molecular weight is 412 g/mol. The van der Waals surface area contributed by atoms with Crippen molar-refractivity contribution >= 4 is 27.0 Å². The lowest BCUT2D eigenvalue weighted by Gasteiger charge is -2.34. The van der Waals surface area contributed by atoms with Crippen LogP contribution >= 0.6 is 0 Å². The van der Waals surface area contributed by atoms with E-state index in [1.807, 2.05) is 35.2 Å². The standard InChI is InChI=1S/C17H16N8O3S/c26-29(27,15-8-4-7-14-16(15)20-28-19-14)24-11-9-23(10-12-24)17-18-21-22-25(17)13-5-2-1-3-6-13/h1-8H,9-12H2. The number of hydrogen-bond donors (Lipinski definition) is 0. The SMILES string of the molecule is O=S(=O)(c1cccc2nonc12)N1CCN(c2nnnn2-c2ccccc2)CC1. The number of para-hydroxylation sites is 1. The molecule has 5 rings (SSSR count). The highest BCUT2D eigenvalue weighted by atomic mass is 32.2. The topological polar surface area (TPSA) is 123 Å². The molecule has 29 heavy (non-hydrogen) atoms. The molecule has 0 amide bonds. The van der Waals surface area contributed by atoms with Crippen molar-refractivity contribution in [3.8, 4) is 5.69 Å². The average Bonchev–Trinajstić information content (AvgIpc) is 3.44. The highest BCUT2D eigenvalue weighted by molar-refractivity contribution is 7.89. The van der Waals surface area contributed by atoms with Gasteiger partial charge in [0.1, 0.15) is 10.4 Å². The van der Waals surface area contributed by atoms with Crippen LogP contribution in [0.1, 0.15) is 0 Å². The Bertz CT molecular complexity index is 1250. The lowest BCUT2D eigenvalue weighted by molar-refractivity contribution is 0.315. The largest absolute Gasteiger partial charge is 0.337 e. The molecule has 0 N–H and O–H groups in total. The zero-order valence-electron chi connectivity index (χ0n) is 15.2. The first-order chi connectivity index (χ1) is 14.1. The monoisotopic (exact) mass is 412 g/mol. The number of nitrogens with zero attached hydrogens (tertiary/aromatic N) is 8. The van der Waals surface area contributed by atoms with Gasteiger partial charge < -0.3 is 4.90 Å². The van der Waals surface area contributed by atoms with Crippen molar-refractivity contribution in [3.63, 3.8) is 0 Å². The maximum Gasteiger partial charge on any atom is 0.250 e. The fourth-order valence-corrected chi connectivity index (χ4v) is 4.93. The van der Waals surface area contributed by atoms with Gasteiger partial charge in [0.25, 0.3) is 0 Å². The van der Waals surface area contributed by atoms with E-state index in [1.165, 1.54) is 10.4 Å². The van der Waals surface area contributed by atoms with E-state index in [2.05, 4.69) is 25.8 Å². The molecule has 0 atom stereocenters. The van der Waals surface area contributed by atoms with Gasteiger partial charge in [-0.1, -0.05) is 29.4 Å². The van der Waals surface area contributed by atoms with E-state index >= 15 is 0 Å². The summed E-state index contributed by atoms with van der Waals surface area (Å²) in [5, 5.41) is 19.4. The smallest absolute Gasteiger partial charge is 0.250 e. The number of tetrazole rings is 1. The van der Waals surface area contributed by atoms with Crippen molar-refractivity contribution < 1.29 is 13.0 Å². The van der Waals surface area contributed by atoms with Crippen molar-refractivity contribution in [2.24, 2.45) is 0 Å². The normalized spacial score (nSPS) is 15.8. The second-order valence-electron chi connectivity index (χ2n) is 6.51. The zero-order valence-corrected chi connectivity index (χ0v) is 16.0. The minimum absolute atomic E-state index is 0.0961. The van der Waals surface area contributed by atoms with Gasteiger partial charge in [-0.05, 0) is 45.0 Å². The van der Waals surface area contributed by atoms with Crippen molar-refractivity contribution in [2.45, 2.75) is 4.90 Å². The number of sulfonamides is 1. The third-order valence-electron chi connectivity index (χ3n) is 4.84. The molecule has 1 saturated heterocycles. The number of anilines is 1. The summed E-state index contributed by atoms with van der Waals surface area (Å²) in [6, 6.07) is 14.4. The predicted octanol–water partition coefficient (Wildman–Crippen LogP) is 0.709. The summed E-state index contributed by atoms with van der Waals surface area (Å²) in [7, 11) is -3.73. The van der Waals surface area contributed by atoms with Crippen LogP contribution in [0.2, 0.25) is 0 Å². The Morgan fingerprint density at radius 3 is 2.48 bits per heavy atom. The molecule has 1 aliphatic rings. The molecule has 4 aromatic rings. The summed E-state index contributed by atoms with van der Waals surface area (Å²) in [6.45, 7) is 1.51. The lowest BCUT2D eigenvalue weighted by atomic mass is 10.3. The molecule has 11 nitrogen and oxygen atoms in total. The molecule has 3 heterocycles. The molecule has 2 aromatic carbocycles. The van der Waals surface area contributed by atoms with Crippen LogP contribution in [0.5, 0.6) is 0 Å². The Kier molecular flexibility index (Phi) is 4.21. The van der Waals surface area contributed by atoms with Crippen LogP contribution < -0.4 is 4.90 Å². The second-order valence-corrected chi connectivity index (χ2v) is 8.41. The van der Waals surface area contributed by atoms with Crippen LogP contribution in [0.25, 0.3) is 16.7 Å². The molecule has 148 valence electrons. The van der Waals surface area contributed by atoms with Crippen LogP contribution in [0.4, 0.5) is 5.95 Å². The quantitative estimate of drug-likeness (QED) is 0.477. The maximum atomic E-state index is 13.1. The Morgan fingerprint density at radius 2 is 1.69 bits per heavy atom. The van der Waals surface area contributed by atoms with Gasteiger partial charge in [-0.2, -0.15) is 8.99 Å². The van der Waals surface area contributed by atoms with E-state index in [4.69, 9.17) is 4.63 Å². The third kappa shape index (κ3) is 3.02. The fourth-order valence-electron chi connectivity index (χ4n) is 3.37. The molecule has 0 unspecified atom stereocenters. The van der Waals surface area contributed by atoms with Gasteiger partial charge in [-0.3, -0.25) is 0 Å². The highest BCUT2D eigenvalue weighted by Crippen LogP contribution is 2.25. The number of hydrogen-bond acceptors (Lipinski definition) is 9. The molecule has 0 spiro atoms. The molecule has 0 saturated carbocycles. The maximum absolute atomic E-state index is 13.1. The van der Waals surface area contributed by atoms with Crippen molar-refractivity contribution in [1.82, 2.24) is 34.8 Å². The zero-order chi connectivity index (χ0) is 19.8. The fraction of sp³-hybridized carbons (Fsp3) is 0.235. The van der Waals surface area contributed by atoms with E-state index in [-0.39, 0.29) is 10.4 Å². The molecule has 1 fully saturated rings. The number of benzene rings is 2. The molecule has 12 heteroatoms. The van der Waals surface area contributed by atoms with Gasteiger partial charge in [0, 0.05) is 26.2 Å². The number of piperazine rings is 1. The molecule has 0 radical (unpaired) electrons. The Labute approximate surface area is 165 Å². The molecule has 0 aliphatic carbocycles. The van der Waals surface area contributed by atoms with Gasteiger partial charge in [0.2, 0.25) is 16.0 Å². The number of fused-ring (bicyclic) bond motifs is 1. The van der Waals surface area contributed by atoms with Crippen LogP contribution in [-0.2, 0) is 10.0 Å². The van der Waals surface area contributed by atoms with E-state index < -0.39 is 10.0 Å². The summed E-state index contributed by atoms with van der Waals surface area (Å²) >= 11 is 0. The van der Waals surface area contributed by atoms with E-state index in [9.17, 15) is 8.42 Å². The minimum Gasteiger partial charge on any atom is -0.337 e. The summed E-state index contributed by atoms with van der Waals surface area (Å²) in [4.78, 5) is 2.07. The first-order valence-electron chi connectivity index (χ1n) is 8.95. The van der Waals surface area contributed by atoms with Gasteiger partial charge in [0.05, 0.1) is 5.69 Å². The van der Waals surface area contributed by atoms with Gasteiger partial charge in [0.15, 0.2) is 5.52 Å². The second kappa shape index (κ2) is 6.90. The summed E-state index contributed by atoms with van der Waals surface area (Å²) in [6.07, 6.45) is 0. The summed E-state index contributed by atoms with van der Waals surface area (Å²) < 4.78 is 34.0. The van der Waals surface area contributed by atoms with Crippen molar-refractivity contribution in [3.05, 3.63) is 48.5 Å². The Hall–Kier alpha value is -3.38. The summed E-state index contributed by atoms with van der Waals surface area (Å²) in [5.74, 6) is 0.580. The molecule has 0 bridgehead atoms. The Morgan fingerprint density at radius 1 is 0.897 bits per heavy atom. The van der Waals surface area contributed by atoms with Crippen LogP contribution in [-0.4, -0.2) is 69.4 Å². The first kappa shape index (κ1) is 17.7. The van der Waals surface area contributed by atoms with Gasteiger partial charge in [-0.25, -0.2) is 13.0 Å². The molecular weight excluding hydrogens is 396 g/mol. The first-order valence-corrected chi connectivity index (χ1v) is 10.4. The Balaban J connectivity index is 1.38. The minimum atomic E-state index is -3.73. The third-order valence-corrected chi connectivity index (χ3v) is 6.77. The van der Waals surface area contributed by atoms with Gasteiger partial charge in [-0.15, -0.1) is 0 Å². The van der Waals surface area contributed by atoms with E-state index in [0.717, 1.165) is 5.69 Å². The number of aromatic nitrogens is 6. The van der Waals surface area contributed by atoms with Crippen LogP contribution in [0.15, 0.2) is 58.1 Å². The van der Waals surface area contributed by atoms with Crippen molar-refractivity contribution in [1.29, 1.82) is 0 Å². The van der Waals surface area contributed by atoms with E-state index in [1.54, 1.807) is 16.8 Å². The summed E-state index contributed by atoms with van der Waals surface area (Å²) in [5.41, 5.74) is 1.49. The van der Waals surface area contributed by atoms with E-state index in [0.29, 0.717) is 37.6 Å². The molecule has 1 aliphatic heterocycles. The van der Waals surface area contributed by atoms with Crippen LogP contribution in [0.3, 0.4) is 0 Å². The molecular formula is C17H16N8O3S.